The molecule has 0 fully saturated rings. The summed E-state index contributed by atoms with van der Waals surface area (Å²) in [4.78, 5) is 0. The molecule has 0 amide bonds. The van der Waals surface area contributed by atoms with E-state index in [0.29, 0.717) is 13.0 Å². The minimum Gasteiger partial charge on any atom is -0.312 e. The van der Waals surface area contributed by atoms with E-state index < -0.39 is 18.3 Å². The number of hydrogen-bond donors (Lipinski definition) is 1. The zero-order valence-electron chi connectivity index (χ0n) is 7.69. The summed E-state index contributed by atoms with van der Waals surface area (Å²) in [6.07, 6.45) is 0.386. The van der Waals surface area contributed by atoms with Crippen molar-refractivity contribution in [3.8, 4) is 0 Å². The summed E-state index contributed by atoms with van der Waals surface area (Å²) < 4.78 is 37.4. The second-order valence-electron chi connectivity index (χ2n) is 2.96. The predicted molar refractivity (Wildman–Crippen MR) is 48.7 cm³/mol. The predicted octanol–water partition coefficient (Wildman–Crippen LogP) is 2.41. The molecule has 0 saturated heterocycles. The maximum absolute atomic E-state index is 13.0. The Hall–Kier alpha value is -1.03. The molecule has 1 N–H and O–H groups in total. The van der Waals surface area contributed by atoms with Crippen LogP contribution in [0.4, 0.5) is 13.2 Å². The highest BCUT2D eigenvalue weighted by atomic mass is 19.1. The normalized spacial score (nSPS) is 10.5. The Morgan fingerprint density at radius 3 is 2.71 bits per heavy atom. The topological polar surface area (TPSA) is 12.0 Å². The molecule has 0 aromatic heterocycles. The molecule has 0 aliphatic heterocycles. The summed E-state index contributed by atoms with van der Waals surface area (Å²) in [5.74, 6) is -0.909. The van der Waals surface area contributed by atoms with Crippen molar-refractivity contribution in [2.75, 3.05) is 13.2 Å². The summed E-state index contributed by atoms with van der Waals surface area (Å²) in [5.41, 5.74) is 0.267. The van der Waals surface area contributed by atoms with Gasteiger partial charge in [0.1, 0.15) is 11.6 Å². The molecule has 0 spiro atoms. The molecule has 14 heavy (non-hydrogen) atoms. The van der Waals surface area contributed by atoms with Gasteiger partial charge < -0.3 is 5.32 Å². The molecule has 0 saturated carbocycles. The second-order valence-corrected chi connectivity index (χ2v) is 2.96. The first kappa shape index (κ1) is 11.0. The van der Waals surface area contributed by atoms with Crippen molar-refractivity contribution in [3.63, 3.8) is 0 Å². The number of benzene rings is 1. The van der Waals surface area contributed by atoms with Crippen molar-refractivity contribution < 1.29 is 13.2 Å². The molecule has 1 rings (SSSR count). The van der Waals surface area contributed by atoms with Crippen LogP contribution in [-0.4, -0.2) is 13.2 Å². The van der Waals surface area contributed by atoms with E-state index in [2.05, 4.69) is 5.32 Å². The standard InChI is InChI=1S/C10H12F3N/c11-4-1-5-14-7-8-6-9(12)2-3-10(8)13/h2-3,6,14H,1,4-5,7H2. The molecule has 0 aliphatic carbocycles. The molecule has 0 radical (unpaired) electrons. The van der Waals surface area contributed by atoms with Gasteiger partial charge >= 0.3 is 0 Å². The van der Waals surface area contributed by atoms with Crippen LogP contribution in [0, 0.1) is 11.6 Å². The van der Waals surface area contributed by atoms with Gasteiger partial charge in [-0.2, -0.15) is 0 Å². The molecule has 0 heterocycles. The van der Waals surface area contributed by atoms with Gasteiger partial charge in [0.25, 0.3) is 0 Å². The quantitative estimate of drug-likeness (QED) is 0.724. The third kappa shape index (κ3) is 3.38. The van der Waals surface area contributed by atoms with Crippen LogP contribution in [0.15, 0.2) is 18.2 Å². The zero-order chi connectivity index (χ0) is 10.4. The minimum atomic E-state index is -0.464. The van der Waals surface area contributed by atoms with Gasteiger partial charge in [0.2, 0.25) is 0 Å². The first-order valence-electron chi connectivity index (χ1n) is 4.44. The summed E-state index contributed by atoms with van der Waals surface area (Å²) in [6, 6.07) is 3.29. The smallest absolute Gasteiger partial charge is 0.127 e. The lowest BCUT2D eigenvalue weighted by atomic mass is 10.2. The van der Waals surface area contributed by atoms with Gasteiger partial charge in [0.05, 0.1) is 6.67 Å². The van der Waals surface area contributed by atoms with E-state index in [0.717, 1.165) is 18.2 Å². The molecule has 0 aliphatic rings. The Balaban J connectivity index is 2.45. The summed E-state index contributed by atoms with van der Waals surface area (Å²) in [5, 5.41) is 2.82. The summed E-state index contributed by atoms with van der Waals surface area (Å²) in [6.45, 7) is 0.286. The van der Waals surface area contributed by atoms with Gasteiger partial charge in [-0.05, 0) is 31.2 Å². The molecule has 0 atom stereocenters. The van der Waals surface area contributed by atoms with E-state index in [1.807, 2.05) is 0 Å². The fourth-order valence-electron chi connectivity index (χ4n) is 1.09. The maximum atomic E-state index is 13.0. The molecular formula is C10H12F3N. The Kier molecular flexibility index (Phi) is 4.46. The number of nitrogens with one attached hydrogen (secondary N) is 1. The lowest BCUT2D eigenvalue weighted by molar-refractivity contribution is 0.457. The maximum Gasteiger partial charge on any atom is 0.127 e. The van der Waals surface area contributed by atoms with Crippen molar-refractivity contribution in [1.29, 1.82) is 0 Å². The molecule has 1 aromatic rings. The first-order valence-corrected chi connectivity index (χ1v) is 4.44. The van der Waals surface area contributed by atoms with Crippen molar-refractivity contribution >= 4 is 0 Å². The van der Waals surface area contributed by atoms with Crippen LogP contribution in [0.1, 0.15) is 12.0 Å². The summed E-state index contributed by atoms with van der Waals surface area (Å²) in [7, 11) is 0. The highest BCUT2D eigenvalue weighted by molar-refractivity contribution is 5.18. The average Bonchev–Trinajstić information content (AvgIpc) is 2.18. The van der Waals surface area contributed by atoms with E-state index in [-0.39, 0.29) is 12.1 Å². The first-order chi connectivity index (χ1) is 6.74. The van der Waals surface area contributed by atoms with Crippen LogP contribution in [0.3, 0.4) is 0 Å². The van der Waals surface area contributed by atoms with Crippen molar-refractivity contribution in [3.05, 3.63) is 35.4 Å². The summed E-state index contributed by atoms with van der Waals surface area (Å²) >= 11 is 0. The number of halogens is 3. The average molecular weight is 203 g/mol. The largest absolute Gasteiger partial charge is 0.312 e. The van der Waals surface area contributed by atoms with Crippen LogP contribution >= 0.6 is 0 Å². The van der Waals surface area contributed by atoms with Gasteiger partial charge in [-0.3, -0.25) is 4.39 Å². The van der Waals surface area contributed by atoms with E-state index in [4.69, 9.17) is 0 Å². The Morgan fingerprint density at radius 2 is 2.00 bits per heavy atom. The molecule has 0 unspecified atom stereocenters. The van der Waals surface area contributed by atoms with Gasteiger partial charge in [0, 0.05) is 12.1 Å². The zero-order valence-corrected chi connectivity index (χ0v) is 7.69. The third-order valence-electron chi connectivity index (χ3n) is 1.81. The highest BCUT2D eigenvalue weighted by Crippen LogP contribution is 2.08. The monoisotopic (exact) mass is 203 g/mol. The van der Waals surface area contributed by atoms with Gasteiger partial charge in [-0.15, -0.1) is 0 Å². The SMILES string of the molecule is FCCCNCc1cc(F)ccc1F. The molecule has 78 valence electrons. The van der Waals surface area contributed by atoms with Gasteiger partial charge in [-0.25, -0.2) is 8.78 Å². The van der Waals surface area contributed by atoms with Gasteiger partial charge in [-0.1, -0.05) is 0 Å². The van der Waals surface area contributed by atoms with E-state index in [1.54, 1.807) is 0 Å². The Morgan fingerprint density at radius 1 is 1.21 bits per heavy atom. The molecule has 1 aromatic carbocycles. The van der Waals surface area contributed by atoms with Crippen molar-refractivity contribution in [1.82, 2.24) is 5.32 Å². The Labute approximate surface area is 80.9 Å². The van der Waals surface area contributed by atoms with Crippen LogP contribution in [0.5, 0.6) is 0 Å². The van der Waals surface area contributed by atoms with Crippen molar-refractivity contribution in [2.45, 2.75) is 13.0 Å². The van der Waals surface area contributed by atoms with Crippen molar-refractivity contribution in [2.24, 2.45) is 0 Å². The minimum absolute atomic E-state index is 0.226. The van der Waals surface area contributed by atoms with E-state index in [1.165, 1.54) is 0 Å². The van der Waals surface area contributed by atoms with Gasteiger partial charge in [0.15, 0.2) is 0 Å². The van der Waals surface area contributed by atoms with Crippen LogP contribution in [-0.2, 0) is 6.54 Å². The van der Waals surface area contributed by atoms with Crippen LogP contribution in [0.25, 0.3) is 0 Å². The van der Waals surface area contributed by atoms with E-state index >= 15 is 0 Å². The Bertz CT molecular complexity index is 289. The lowest BCUT2D eigenvalue weighted by Gasteiger charge is -2.04. The molecule has 1 nitrogen and oxygen atoms in total. The second kappa shape index (κ2) is 5.65. The highest BCUT2D eigenvalue weighted by Gasteiger charge is 2.02. The number of alkyl halides is 1. The third-order valence-corrected chi connectivity index (χ3v) is 1.81. The fourth-order valence-corrected chi connectivity index (χ4v) is 1.09. The fraction of sp³-hybridized carbons (Fsp3) is 0.400. The lowest BCUT2D eigenvalue weighted by Crippen LogP contribution is -2.16. The molecule has 4 heteroatoms. The molecular weight excluding hydrogens is 191 g/mol. The van der Waals surface area contributed by atoms with E-state index in [9.17, 15) is 13.2 Å². The number of rotatable bonds is 5. The number of hydrogen-bond acceptors (Lipinski definition) is 1. The van der Waals surface area contributed by atoms with Crippen LogP contribution in [0.2, 0.25) is 0 Å². The van der Waals surface area contributed by atoms with Crippen LogP contribution < -0.4 is 5.32 Å². The molecule has 0 bridgehead atoms.